The molecular weight excluding hydrogens is 260 g/mol. The van der Waals surface area contributed by atoms with Crippen molar-refractivity contribution in [1.82, 2.24) is 14.9 Å². The maximum absolute atomic E-state index is 4.35. The minimum atomic E-state index is 0.698. The van der Waals surface area contributed by atoms with E-state index in [1.54, 1.807) is 0 Å². The Balaban J connectivity index is 1.46. The SMILES string of the molecule is Cc1ccnc(NC[C@H]2CCN(Cc3cccnc3)C2)c1. The summed E-state index contributed by atoms with van der Waals surface area (Å²) in [7, 11) is 0. The lowest BCUT2D eigenvalue weighted by atomic mass is 10.1. The molecule has 4 heteroatoms. The van der Waals surface area contributed by atoms with Crippen molar-refractivity contribution in [2.45, 2.75) is 19.9 Å². The van der Waals surface area contributed by atoms with E-state index in [0.717, 1.165) is 25.5 Å². The highest BCUT2D eigenvalue weighted by Crippen LogP contribution is 2.19. The zero-order valence-corrected chi connectivity index (χ0v) is 12.5. The van der Waals surface area contributed by atoms with Crippen LogP contribution in [0.4, 0.5) is 5.82 Å². The third kappa shape index (κ3) is 4.02. The molecule has 0 saturated carbocycles. The molecule has 0 aliphatic carbocycles. The average Bonchev–Trinajstić information content (AvgIpc) is 2.94. The number of aromatic nitrogens is 2. The van der Waals surface area contributed by atoms with Gasteiger partial charge in [0.1, 0.15) is 5.82 Å². The van der Waals surface area contributed by atoms with E-state index in [4.69, 9.17) is 0 Å². The highest BCUT2D eigenvalue weighted by molar-refractivity contribution is 5.36. The van der Waals surface area contributed by atoms with E-state index in [2.05, 4.69) is 39.2 Å². The lowest BCUT2D eigenvalue weighted by Gasteiger charge is -2.16. The zero-order valence-electron chi connectivity index (χ0n) is 12.5. The van der Waals surface area contributed by atoms with Crippen LogP contribution in [0.15, 0.2) is 42.9 Å². The van der Waals surface area contributed by atoms with Crippen molar-refractivity contribution in [1.29, 1.82) is 0 Å². The summed E-state index contributed by atoms with van der Waals surface area (Å²) in [5, 5.41) is 3.46. The highest BCUT2D eigenvalue weighted by atomic mass is 15.2. The first-order valence-corrected chi connectivity index (χ1v) is 7.57. The van der Waals surface area contributed by atoms with E-state index in [9.17, 15) is 0 Å². The molecule has 0 radical (unpaired) electrons. The van der Waals surface area contributed by atoms with Gasteiger partial charge in [0.25, 0.3) is 0 Å². The zero-order chi connectivity index (χ0) is 14.5. The van der Waals surface area contributed by atoms with Crippen molar-refractivity contribution in [2.75, 3.05) is 25.0 Å². The Kier molecular flexibility index (Phi) is 4.46. The standard InChI is InChI=1S/C17H22N4/c1-14-4-7-19-17(9-14)20-11-16-5-8-21(13-16)12-15-3-2-6-18-10-15/h2-4,6-7,9-10,16H,5,8,11-13H2,1H3,(H,19,20)/t16-/m1/s1. The van der Waals surface area contributed by atoms with E-state index < -0.39 is 0 Å². The van der Waals surface area contributed by atoms with Gasteiger partial charge in [0.05, 0.1) is 0 Å². The minimum absolute atomic E-state index is 0.698. The molecule has 21 heavy (non-hydrogen) atoms. The van der Waals surface area contributed by atoms with Gasteiger partial charge in [-0.3, -0.25) is 9.88 Å². The van der Waals surface area contributed by atoms with Crippen LogP contribution >= 0.6 is 0 Å². The van der Waals surface area contributed by atoms with Gasteiger partial charge < -0.3 is 5.32 Å². The molecule has 1 aliphatic rings. The van der Waals surface area contributed by atoms with Crippen molar-refractivity contribution in [2.24, 2.45) is 5.92 Å². The van der Waals surface area contributed by atoms with Gasteiger partial charge in [-0.2, -0.15) is 0 Å². The maximum Gasteiger partial charge on any atom is 0.126 e. The molecule has 3 heterocycles. The smallest absolute Gasteiger partial charge is 0.126 e. The summed E-state index contributed by atoms with van der Waals surface area (Å²) in [6.07, 6.45) is 6.90. The third-order valence-electron chi connectivity index (χ3n) is 3.99. The van der Waals surface area contributed by atoms with Gasteiger partial charge in [-0.05, 0) is 55.1 Å². The predicted molar refractivity (Wildman–Crippen MR) is 85.1 cm³/mol. The predicted octanol–water partition coefficient (Wildman–Crippen LogP) is 2.72. The summed E-state index contributed by atoms with van der Waals surface area (Å²) in [5.41, 5.74) is 2.54. The minimum Gasteiger partial charge on any atom is -0.370 e. The Morgan fingerprint density at radius 3 is 3.10 bits per heavy atom. The Labute approximate surface area is 126 Å². The van der Waals surface area contributed by atoms with E-state index in [1.165, 1.54) is 24.1 Å². The van der Waals surface area contributed by atoms with Crippen LogP contribution in [-0.4, -0.2) is 34.5 Å². The van der Waals surface area contributed by atoms with Crippen molar-refractivity contribution >= 4 is 5.82 Å². The molecule has 0 bridgehead atoms. The molecule has 0 spiro atoms. The number of aryl methyl sites for hydroxylation is 1. The molecule has 1 aliphatic heterocycles. The van der Waals surface area contributed by atoms with Gasteiger partial charge in [-0.1, -0.05) is 6.07 Å². The van der Waals surface area contributed by atoms with E-state index in [0.29, 0.717) is 5.92 Å². The van der Waals surface area contributed by atoms with Gasteiger partial charge in [0, 0.05) is 38.2 Å². The second-order valence-electron chi connectivity index (χ2n) is 5.85. The monoisotopic (exact) mass is 282 g/mol. The second-order valence-corrected chi connectivity index (χ2v) is 5.85. The summed E-state index contributed by atoms with van der Waals surface area (Å²) in [4.78, 5) is 11.0. The number of pyridine rings is 2. The van der Waals surface area contributed by atoms with Crippen molar-refractivity contribution in [3.63, 3.8) is 0 Å². The first-order chi connectivity index (χ1) is 10.3. The number of rotatable bonds is 5. The molecule has 2 aromatic rings. The molecule has 0 aromatic carbocycles. The fourth-order valence-corrected chi connectivity index (χ4v) is 2.85. The largest absolute Gasteiger partial charge is 0.370 e. The van der Waals surface area contributed by atoms with Crippen LogP contribution in [0.1, 0.15) is 17.5 Å². The quantitative estimate of drug-likeness (QED) is 0.915. The number of hydrogen-bond acceptors (Lipinski definition) is 4. The van der Waals surface area contributed by atoms with Gasteiger partial charge in [-0.25, -0.2) is 4.98 Å². The summed E-state index contributed by atoms with van der Waals surface area (Å²) in [6, 6.07) is 8.28. The first kappa shape index (κ1) is 14.0. The molecule has 1 saturated heterocycles. The van der Waals surface area contributed by atoms with Gasteiger partial charge in [0.15, 0.2) is 0 Å². The molecule has 3 rings (SSSR count). The Hall–Kier alpha value is -1.94. The molecule has 4 nitrogen and oxygen atoms in total. The molecule has 0 unspecified atom stereocenters. The van der Waals surface area contributed by atoms with Crippen LogP contribution in [0.3, 0.4) is 0 Å². The Morgan fingerprint density at radius 2 is 2.29 bits per heavy atom. The fourth-order valence-electron chi connectivity index (χ4n) is 2.85. The third-order valence-corrected chi connectivity index (χ3v) is 3.99. The van der Waals surface area contributed by atoms with Crippen LogP contribution < -0.4 is 5.32 Å². The number of anilines is 1. The van der Waals surface area contributed by atoms with Crippen molar-refractivity contribution in [3.8, 4) is 0 Å². The highest BCUT2D eigenvalue weighted by Gasteiger charge is 2.22. The van der Waals surface area contributed by atoms with Gasteiger partial charge in [0.2, 0.25) is 0 Å². The summed E-state index contributed by atoms with van der Waals surface area (Å²) >= 11 is 0. The number of nitrogens with one attached hydrogen (secondary N) is 1. The molecular formula is C17H22N4. The van der Waals surface area contributed by atoms with Crippen molar-refractivity contribution < 1.29 is 0 Å². The Morgan fingerprint density at radius 1 is 1.33 bits per heavy atom. The summed E-state index contributed by atoms with van der Waals surface area (Å²) < 4.78 is 0. The fraction of sp³-hybridized carbons (Fsp3) is 0.412. The topological polar surface area (TPSA) is 41.1 Å². The van der Waals surface area contributed by atoms with Crippen LogP contribution in [0.5, 0.6) is 0 Å². The van der Waals surface area contributed by atoms with Crippen LogP contribution in [-0.2, 0) is 6.54 Å². The number of nitrogens with zero attached hydrogens (tertiary/aromatic N) is 3. The van der Waals surface area contributed by atoms with Crippen molar-refractivity contribution in [3.05, 3.63) is 54.0 Å². The molecule has 1 fully saturated rings. The van der Waals surface area contributed by atoms with Crippen LogP contribution in [0, 0.1) is 12.8 Å². The molecule has 0 amide bonds. The second kappa shape index (κ2) is 6.68. The van der Waals surface area contributed by atoms with E-state index in [-0.39, 0.29) is 0 Å². The molecule has 1 N–H and O–H groups in total. The molecule has 110 valence electrons. The van der Waals surface area contributed by atoms with E-state index in [1.807, 2.05) is 30.7 Å². The first-order valence-electron chi connectivity index (χ1n) is 7.57. The number of hydrogen-bond donors (Lipinski definition) is 1. The normalized spacial score (nSPS) is 18.8. The van der Waals surface area contributed by atoms with Gasteiger partial charge in [-0.15, -0.1) is 0 Å². The van der Waals surface area contributed by atoms with Crippen LogP contribution in [0.2, 0.25) is 0 Å². The molecule has 2 aromatic heterocycles. The van der Waals surface area contributed by atoms with Crippen LogP contribution in [0.25, 0.3) is 0 Å². The Bertz CT molecular complexity index is 570. The lowest BCUT2D eigenvalue weighted by molar-refractivity contribution is 0.318. The average molecular weight is 282 g/mol. The lowest BCUT2D eigenvalue weighted by Crippen LogP contribution is -2.22. The summed E-state index contributed by atoms with van der Waals surface area (Å²) in [5.74, 6) is 1.68. The van der Waals surface area contributed by atoms with E-state index >= 15 is 0 Å². The molecule has 1 atom stereocenters. The van der Waals surface area contributed by atoms with Gasteiger partial charge >= 0.3 is 0 Å². The number of likely N-dealkylation sites (tertiary alicyclic amines) is 1. The summed E-state index contributed by atoms with van der Waals surface area (Å²) in [6.45, 7) is 6.42. The maximum atomic E-state index is 4.35.